The summed E-state index contributed by atoms with van der Waals surface area (Å²) < 4.78 is 64.1. The van der Waals surface area contributed by atoms with Gasteiger partial charge in [0, 0.05) is 19.2 Å². The first-order chi connectivity index (χ1) is 11.9. The number of morpholine rings is 1. The highest BCUT2D eigenvalue weighted by Gasteiger charge is 2.27. The van der Waals surface area contributed by atoms with E-state index < -0.39 is 21.7 Å². The fourth-order valence-corrected chi connectivity index (χ4v) is 4.38. The summed E-state index contributed by atoms with van der Waals surface area (Å²) in [6.45, 7) is 1.29. The molecular weight excluding hydrogens is 420 g/mol. The van der Waals surface area contributed by atoms with Gasteiger partial charge in [-0.3, -0.25) is 0 Å². The Bertz CT molecular complexity index is 886. The summed E-state index contributed by atoms with van der Waals surface area (Å²) in [7, 11) is -3.64. The molecule has 1 aliphatic rings. The van der Waals surface area contributed by atoms with E-state index in [4.69, 9.17) is 9.47 Å². The zero-order chi connectivity index (χ0) is 18.0. The topological polar surface area (TPSA) is 55.8 Å². The first kappa shape index (κ1) is 18.2. The van der Waals surface area contributed by atoms with Crippen LogP contribution in [0, 0.1) is 11.6 Å². The Hall–Kier alpha value is -1.55. The molecular formula is C16H14BrF2NO4S. The summed E-state index contributed by atoms with van der Waals surface area (Å²) in [5.41, 5.74) is 0. The molecule has 0 aromatic heterocycles. The summed E-state index contributed by atoms with van der Waals surface area (Å²) in [6.07, 6.45) is 0. The second-order valence-electron chi connectivity index (χ2n) is 5.29. The molecule has 0 radical (unpaired) electrons. The van der Waals surface area contributed by atoms with Gasteiger partial charge in [0.1, 0.15) is 11.6 Å². The smallest absolute Gasteiger partial charge is 0.243 e. The Morgan fingerprint density at radius 1 is 1.04 bits per heavy atom. The van der Waals surface area contributed by atoms with Gasteiger partial charge >= 0.3 is 0 Å². The fraction of sp³-hybridized carbons (Fsp3) is 0.250. The molecule has 0 N–H and O–H groups in total. The molecule has 25 heavy (non-hydrogen) atoms. The van der Waals surface area contributed by atoms with Crippen molar-refractivity contribution in [2.24, 2.45) is 0 Å². The van der Waals surface area contributed by atoms with Crippen LogP contribution in [-0.2, 0) is 14.8 Å². The first-order valence-electron chi connectivity index (χ1n) is 7.38. The van der Waals surface area contributed by atoms with E-state index in [0.717, 1.165) is 12.1 Å². The summed E-state index contributed by atoms with van der Waals surface area (Å²) in [4.78, 5) is 0.0909. The van der Waals surface area contributed by atoms with Gasteiger partial charge in [-0.2, -0.15) is 4.31 Å². The van der Waals surface area contributed by atoms with E-state index in [1.807, 2.05) is 0 Å². The van der Waals surface area contributed by atoms with Crippen molar-refractivity contribution in [3.05, 3.63) is 52.5 Å². The van der Waals surface area contributed by atoms with Gasteiger partial charge in [-0.15, -0.1) is 0 Å². The highest BCUT2D eigenvalue weighted by molar-refractivity contribution is 9.10. The summed E-state index contributed by atoms with van der Waals surface area (Å²) in [5, 5.41) is 0. The van der Waals surface area contributed by atoms with Gasteiger partial charge in [-0.25, -0.2) is 17.2 Å². The van der Waals surface area contributed by atoms with Crippen LogP contribution < -0.4 is 4.74 Å². The van der Waals surface area contributed by atoms with Crippen LogP contribution in [0.3, 0.4) is 0 Å². The van der Waals surface area contributed by atoms with Crippen molar-refractivity contribution in [1.29, 1.82) is 0 Å². The summed E-state index contributed by atoms with van der Waals surface area (Å²) in [5.74, 6) is -1.51. The Morgan fingerprint density at radius 3 is 2.36 bits per heavy atom. The molecule has 0 atom stereocenters. The van der Waals surface area contributed by atoms with Crippen molar-refractivity contribution in [2.75, 3.05) is 26.3 Å². The minimum atomic E-state index is -3.64. The number of ether oxygens (including phenoxy) is 2. The zero-order valence-electron chi connectivity index (χ0n) is 12.9. The Balaban J connectivity index is 1.85. The third-order valence-electron chi connectivity index (χ3n) is 3.63. The van der Waals surface area contributed by atoms with Gasteiger partial charge in [-0.05, 0) is 46.3 Å². The van der Waals surface area contributed by atoms with Crippen molar-refractivity contribution in [1.82, 2.24) is 4.31 Å². The molecule has 0 saturated carbocycles. The normalized spacial score (nSPS) is 16.0. The van der Waals surface area contributed by atoms with Crippen molar-refractivity contribution in [3.8, 4) is 11.5 Å². The van der Waals surface area contributed by atoms with Crippen LogP contribution in [0.4, 0.5) is 8.78 Å². The van der Waals surface area contributed by atoms with Crippen LogP contribution in [0.1, 0.15) is 0 Å². The van der Waals surface area contributed by atoms with Gasteiger partial charge in [0.25, 0.3) is 0 Å². The number of rotatable bonds is 4. The Labute approximate surface area is 152 Å². The molecule has 134 valence electrons. The molecule has 1 saturated heterocycles. The SMILES string of the molecule is O=S(=O)(c1ccc(Oc2ccc(F)cc2F)c(Br)c1)N1CCOCC1. The van der Waals surface area contributed by atoms with E-state index in [-0.39, 0.29) is 16.4 Å². The maximum absolute atomic E-state index is 13.7. The van der Waals surface area contributed by atoms with Crippen LogP contribution in [-0.4, -0.2) is 39.0 Å². The first-order valence-corrected chi connectivity index (χ1v) is 9.61. The predicted molar refractivity (Wildman–Crippen MR) is 90.2 cm³/mol. The average molecular weight is 434 g/mol. The maximum Gasteiger partial charge on any atom is 0.243 e. The fourth-order valence-electron chi connectivity index (χ4n) is 2.34. The summed E-state index contributed by atoms with van der Waals surface area (Å²) in [6, 6.07) is 7.13. The van der Waals surface area contributed by atoms with Gasteiger partial charge in [0.05, 0.1) is 22.6 Å². The quantitative estimate of drug-likeness (QED) is 0.739. The minimum Gasteiger partial charge on any atom is -0.453 e. The second kappa shape index (κ2) is 7.36. The molecule has 1 aliphatic heterocycles. The van der Waals surface area contributed by atoms with E-state index in [1.54, 1.807) is 0 Å². The number of halogens is 3. The lowest BCUT2D eigenvalue weighted by Crippen LogP contribution is -2.40. The van der Waals surface area contributed by atoms with Crippen molar-refractivity contribution < 1.29 is 26.7 Å². The molecule has 2 aromatic carbocycles. The maximum atomic E-state index is 13.7. The molecule has 0 spiro atoms. The van der Waals surface area contributed by atoms with Crippen LogP contribution >= 0.6 is 15.9 Å². The van der Waals surface area contributed by atoms with E-state index in [1.165, 1.54) is 22.5 Å². The van der Waals surface area contributed by atoms with Gasteiger partial charge in [0.15, 0.2) is 11.6 Å². The van der Waals surface area contributed by atoms with Crippen LogP contribution in [0.5, 0.6) is 11.5 Å². The average Bonchev–Trinajstić information content (AvgIpc) is 2.59. The van der Waals surface area contributed by atoms with Gasteiger partial charge in [0.2, 0.25) is 10.0 Å². The highest BCUT2D eigenvalue weighted by Crippen LogP contribution is 2.33. The number of hydrogen-bond donors (Lipinski definition) is 0. The van der Waals surface area contributed by atoms with Crippen LogP contribution in [0.2, 0.25) is 0 Å². The van der Waals surface area contributed by atoms with Crippen LogP contribution in [0.25, 0.3) is 0 Å². The molecule has 9 heteroatoms. The molecule has 0 aliphatic carbocycles. The van der Waals surface area contributed by atoms with E-state index in [9.17, 15) is 17.2 Å². The van der Waals surface area contributed by atoms with Gasteiger partial charge < -0.3 is 9.47 Å². The van der Waals surface area contributed by atoms with Crippen molar-refractivity contribution >= 4 is 26.0 Å². The highest BCUT2D eigenvalue weighted by atomic mass is 79.9. The van der Waals surface area contributed by atoms with E-state index in [2.05, 4.69) is 15.9 Å². The minimum absolute atomic E-state index is 0.0909. The molecule has 0 unspecified atom stereocenters. The standard InChI is InChI=1S/C16H14BrF2NO4S/c17-13-10-12(25(21,22)20-5-7-23-8-6-20)2-4-15(13)24-16-3-1-11(18)9-14(16)19/h1-4,9-10H,5-8H2. The second-order valence-corrected chi connectivity index (χ2v) is 8.08. The third kappa shape index (κ3) is 4.00. The lowest BCUT2D eigenvalue weighted by Gasteiger charge is -2.26. The molecule has 3 rings (SSSR count). The lowest BCUT2D eigenvalue weighted by atomic mass is 10.3. The zero-order valence-corrected chi connectivity index (χ0v) is 15.3. The summed E-state index contributed by atoms with van der Waals surface area (Å²) >= 11 is 3.23. The predicted octanol–water partition coefficient (Wildman–Crippen LogP) is 3.54. The van der Waals surface area contributed by atoms with E-state index in [0.29, 0.717) is 36.8 Å². The van der Waals surface area contributed by atoms with Crippen LogP contribution in [0.15, 0.2) is 45.8 Å². The molecule has 2 aromatic rings. The number of sulfonamides is 1. The third-order valence-corrected chi connectivity index (χ3v) is 6.14. The Morgan fingerprint density at radius 2 is 1.72 bits per heavy atom. The molecule has 1 fully saturated rings. The molecule has 1 heterocycles. The van der Waals surface area contributed by atoms with Gasteiger partial charge in [-0.1, -0.05) is 0 Å². The number of hydrogen-bond acceptors (Lipinski definition) is 4. The Kier molecular flexibility index (Phi) is 5.38. The lowest BCUT2D eigenvalue weighted by molar-refractivity contribution is 0.0730. The van der Waals surface area contributed by atoms with Crippen molar-refractivity contribution in [2.45, 2.75) is 4.90 Å². The number of benzene rings is 2. The largest absolute Gasteiger partial charge is 0.453 e. The van der Waals surface area contributed by atoms with E-state index >= 15 is 0 Å². The molecule has 0 bridgehead atoms. The molecule has 0 amide bonds. The van der Waals surface area contributed by atoms with Crippen molar-refractivity contribution in [3.63, 3.8) is 0 Å². The monoisotopic (exact) mass is 433 g/mol. The molecule has 5 nitrogen and oxygen atoms in total. The number of nitrogens with zero attached hydrogens (tertiary/aromatic N) is 1.